The second-order valence-electron chi connectivity index (χ2n) is 6.62. The monoisotopic (exact) mass is 361 g/mol. The van der Waals surface area contributed by atoms with Crippen LogP contribution in [-0.4, -0.2) is 53.0 Å². The molecule has 26 heavy (non-hydrogen) atoms. The molecular weight excluding hydrogens is 337 g/mol. The minimum atomic E-state index is -0.277. The highest BCUT2D eigenvalue weighted by Crippen LogP contribution is 2.14. The number of aryl methyl sites for hydroxylation is 1. The highest BCUT2D eigenvalue weighted by Gasteiger charge is 2.25. The van der Waals surface area contributed by atoms with Crippen LogP contribution in [0.4, 0.5) is 4.39 Å². The van der Waals surface area contributed by atoms with E-state index in [2.05, 4.69) is 9.88 Å². The van der Waals surface area contributed by atoms with Gasteiger partial charge in [0.1, 0.15) is 12.1 Å². The molecule has 1 amide bonds. The van der Waals surface area contributed by atoms with Crippen LogP contribution in [0.1, 0.15) is 24.1 Å². The number of carbonyl (C=O) groups is 1. The third-order valence-corrected chi connectivity index (χ3v) is 4.44. The molecule has 1 aliphatic rings. The Kier molecular flexibility index (Phi) is 6.00. The Labute approximate surface area is 152 Å². The van der Waals surface area contributed by atoms with Gasteiger partial charge in [-0.3, -0.25) is 9.69 Å². The van der Waals surface area contributed by atoms with E-state index in [0.717, 1.165) is 17.8 Å². The molecule has 0 radical (unpaired) electrons. The molecule has 7 heteroatoms. The van der Waals surface area contributed by atoms with Gasteiger partial charge in [0.15, 0.2) is 5.89 Å². The van der Waals surface area contributed by atoms with E-state index in [1.807, 2.05) is 13.0 Å². The molecule has 140 valence electrons. The van der Waals surface area contributed by atoms with Crippen LogP contribution in [0.3, 0.4) is 0 Å². The lowest BCUT2D eigenvalue weighted by Crippen LogP contribution is -2.37. The Morgan fingerprint density at radius 3 is 2.92 bits per heavy atom. The Balaban J connectivity index is 1.65. The number of oxazole rings is 1. The van der Waals surface area contributed by atoms with Crippen LogP contribution < -0.4 is 0 Å². The van der Waals surface area contributed by atoms with E-state index in [0.29, 0.717) is 38.7 Å². The fourth-order valence-corrected chi connectivity index (χ4v) is 3.12. The normalized spacial score (nSPS) is 18.7. The van der Waals surface area contributed by atoms with Gasteiger partial charge in [0.2, 0.25) is 5.91 Å². The van der Waals surface area contributed by atoms with Crippen molar-refractivity contribution in [2.24, 2.45) is 0 Å². The lowest BCUT2D eigenvalue weighted by molar-refractivity contribution is -0.130. The molecule has 0 aliphatic carbocycles. The number of aromatic nitrogens is 1. The summed E-state index contributed by atoms with van der Waals surface area (Å²) in [7, 11) is 0. The molecule has 1 unspecified atom stereocenters. The van der Waals surface area contributed by atoms with Crippen LogP contribution >= 0.6 is 0 Å². The molecule has 0 N–H and O–H groups in total. The quantitative estimate of drug-likeness (QED) is 0.818. The highest BCUT2D eigenvalue weighted by molar-refractivity contribution is 5.73. The zero-order chi connectivity index (χ0) is 18.5. The maximum atomic E-state index is 13.3. The van der Waals surface area contributed by atoms with Gasteiger partial charge in [-0.1, -0.05) is 12.1 Å². The Bertz CT molecular complexity index is 749. The van der Waals surface area contributed by atoms with Crippen molar-refractivity contribution in [3.8, 4) is 0 Å². The molecule has 2 aromatic rings. The molecule has 1 aliphatic heterocycles. The van der Waals surface area contributed by atoms with E-state index < -0.39 is 0 Å². The number of halogens is 1. The first-order chi connectivity index (χ1) is 12.5. The lowest BCUT2D eigenvalue weighted by Gasteiger charge is -2.24. The molecule has 1 saturated heterocycles. The van der Waals surface area contributed by atoms with Crippen molar-refractivity contribution in [1.82, 2.24) is 14.8 Å². The number of hydrogen-bond acceptors (Lipinski definition) is 5. The van der Waals surface area contributed by atoms with E-state index in [-0.39, 0.29) is 17.8 Å². The van der Waals surface area contributed by atoms with Crippen LogP contribution in [-0.2, 0) is 22.7 Å². The molecule has 6 nitrogen and oxygen atoms in total. The van der Waals surface area contributed by atoms with Gasteiger partial charge in [0.05, 0.1) is 18.4 Å². The first-order valence-corrected chi connectivity index (χ1v) is 8.74. The first-order valence-electron chi connectivity index (χ1n) is 8.74. The molecule has 0 spiro atoms. The Morgan fingerprint density at radius 2 is 2.23 bits per heavy atom. The van der Waals surface area contributed by atoms with Gasteiger partial charge >= 0.3 is 0 Å². The van der Waals surface area contributed by atoms with Gasteiger partial charge in [0.25, 0.3) is 0 Å². The third-order valence-electron chi connectivity index (χ3n) is 4.44. The maximum Gasteiger partial charge on any atom is 0.219 e. The van der Waals surface area contributed by atoms with E-state index in [4.69, 9.17) is 9.15 Å². The molecule has 1 atom stereocenters. The van der Waals surface area contributed by atoms with Crippen LogP contribution in [0.15, 0.2) is 34.9 Å². The summed E-state index contributed by atoms with van der Waals surface area (Å²) in [5.41, 5.74) is 1.64. The van der Waals surface area contributed by atoms with Crippen LogP contribution in [0.2, 0.25) is 0 Å². The summed E-state index contributed by atoms with van der Waals surface area (Å²) >= 11 is 0. The van der Waals surface area contributed by atoms with Gasteiger partial charge in [-0.2, -0.15) is 0 Å². The van der Waals surface area contributed by atoms with Gasteiger partial charge in [0, 0.05) is 46.6 Å². The van der Waals surface area contributed by atoms with Gasteiger partial charge in [-0.25, -0.2) is 9.37 Å². The summed E-state index contributed by atoms with van der Waals surface area (Å²) in [6, 6.07) is 6.38. The number of hydrogen-bond donors (Lipinski definition) is 0. The predicted molar refractivity (Wildman–Crippen MR) is 93.7 cm³/mol. The average Bonchev–Trinajstić information content (AvgIpc) is 2.88. The SMILES string of the molecule is CC(=O)N1CCN(Cc2coc(C)n2)CC(OCc2cccc(F)c2)C1. The molecule has 3 rings (SSSR count). The molecule has 2 heterocycles. The predicted octanol–water partition coefficient (Wildman–Crippen LogP) is 2.37. The van der Waals surface area contributed by atoms with Gasteiger partial charge < -0.3 is 14.1 Å². The zero-order valence-corrected chi connectivity index (χ0v) is 15.2. The zero-order valence-electron chi connectivity index (χ0n) is 15.2. The topological polar surface area (TPSA) is 58.8 Å². The van der Waals surface area contributed by atoms with E-state index in [9.17, 15) is 9.18 Å². The van der Waals surface area contributed by atoms with Crippen LogP contribution in [0.5, 0.6) is 0 Å². The average molecular weight is 361 g/mol. The maximum absolute atomic E-state index is 13.3. The third kappa shape index (κ3) is 5.12. The number of benzene rings is 1. The molecule has 0 bridgehead atoms. The fraction of sp³-hybridized carbons (Fsp3) is 0.474. The van der Waals surface area contributed by atoms with E-state index in [1.54, 1.807) is 24.2 Å². The summed E-state index contributed by atoms with van der Waals surface area (Å²) in [4.78, 5) is 20.2. The minimum Gasteiger partial charge on any atom is -0.449 e. The van der Waals surface area contributed by atoms with Crippen molar-refractivity contribution in [1.29, 1.82) is 0 Å². The number of nitrogens with zero attached hydrogens (tertiary/aromatic N) is 3. The summed E-state index contributed by atoms with van der Waals surface area (Å²) in [5, 5.41) is 0. The molecule has 0 saturated carbocycles. The number of carbonyl (C=O) groups excluding carboxylic acids is 1. The molecule has 1 aromatic heterocycles. The summed E-state index contributed by atoms with van der Waals surface area (Å²) in [6.07, 6.45) is 1.50. The van der Waals surface area contributed by atoms with Crippen molar-refractivity contribution < 1.29 is 18.3 Å². The van der Waals surface area contributed by atoms with Crippen molar-refractivity contribution in [3.63, 3.8) is 0 Å². The van der Waals surface area contributed by atoms with Crippen molar-refractivity contribution in [3.05, 3.63) is 53.5 Å². The van der Waals surface area contributed by atoms with E-state index >= 15 is 0 Å². The number of rotatable bonds is 5. The molecular formula is C19H24FN3O3. The smallest absolute Gasteiger partial charge is 0.219 e. The van der Waals surface area contributed by atoms with Crippen LogP contribution in [0, 0.1) is 12.7 Å². The first kappa shape index (κ1) is 18.5. The summed E-state index contributed by atoms with van der Waals surface area (Å²) in [6.45, 7) is 6.92. The standard InChI is InChI=1S/C19H24FN3O3/c1-14-21-18(13-25-14)9-22-6-7-23(15(2)24)11-19(10-22)26-12-16-4-3-5-17(20)8-16/h3-5,8,13,19H,6-7,9-12H2,1-2H3. The Morgan fingerprint density at radius 1 is 1.38 bits per heavy atom. The Hall–Kier alpha value is -2.25. The number of ether oxygens (including phenoxy) is 1. The molecule has 1 aromatic carbocycles. The minimum absolute atomic E-state index is 0.0310. The van der Waals surface area contributed by atoms with Crippen molar-refractivity contribution in [2.45, 2.75) is 33.1 Å². The van der Waals surface area contributed by atoms with Crippen molar-refractivity contribution in [2.75, 3.05) is 26.2 Å². The van der Waals surface area contributed by atoms with Crippen molar-refractivity contribution >= 4 is 5.91 Å². The second-order valence-corrected chi connectivity index (χ2v) is 6.62. The second kappa shape index (κ2) is 8.42. The van der Waals surface area contributed by atoms with Crippen LogP contribution in [0.25, 0.3) is 0 Å². The lowest BCUT2D eigenvalue weighted by atomic mass is 10.2. The largest absolute Gasteiger partial charge is 0.449 e. The number of amides is 1. The van der Waals surface area contributed by atoms with E-state index in [1.165, 1.54) is 12.1 Å². The molecule has 1 fully saturated rings. The highest BCUT2D eigenvalue weighted by atomic mass is 19.1. The van der Waals surface area contributed by atoms with Gasteiger partial charge in [-0.15, -0.1) is 0 Å². The fourth-order valence-electron chi connectivity index (χ4n) is 3.12. The summed E-state index contributed by atoms with van der Waals surface area (Å²) < 4.78 is 24.6. The van der Waals surface area contributed by atoms with Gasteiger partial charge in [-0.05, 0) is 17.7 Å². The summed E-state index contributed by atoms with van der Waals surface area (Å²) in [5.74, 6) is 0.392.